The number of aryl methyl sites for hydroxylation is 1. The van der Waals surface area contributed by atoms with Gasteiger partial charge in [0.25, 0.3) is 5.56 Å². The lowest BCUT2D eigenvalue weighted by molar-refractivity contribution is 0.289. The van der Waals surface area contributed by atoms with Gasteiger partial charge in [-0.2, -0.15) is 10.1 Å². The number of nitrogens with zero attached hydrogens (tertiary/aromatic N) is 6. The first-order valence-electron chi connectivity index (χ1n) is 8.68. The van der Waals surface area contributed by atoms with Gasteiger partial charge in [-0.3, -0.25) is 18.5 Å². The third-order valence-corrected chi connectivity index (χ3v) is 4.71. The molecule has 3 heterocycles. The second-order valence-corrected chi connectivity index (χ2v) is 6.40. The number of hydrazone groups is 1. The van der Waals surface area contributed by atoms with Crippen molar-refractivity contribution in [2.24, 2.45) is 12.1 Å². The lowest BCUT2D eigenvalue weighted by atomic mass is 10.2. The summed E-state index contributed by atoms with van der Waals surface area (Å²) < 4.78 is 4.45. The van der Waals surface area contributed by atoms with Crippen molar-refractivity contribution < 1.29 is 5.11 Å². The van der Waals surface area contributed by atoms with Crippen LogP contribution in [-0.2, 0) is 13.6 Å². The normalized spacial score (nSPS) is 17.2. The largest absolute Gasteiger partial charge is 0.396 e. The van der Waals surface area contributed by atoms with Gasteiger partial charge >= 0.3 is 5.69 Å². The van der Waals surface area contributed by atoms with E-state index in [2.05, 4.69) is 10.1 Å². The Bertz CT molecular complexity index is 1010. The first kappa shape index (κ1) is 18.1. The first-order chi connectivity index (χ1) is 12.4. The maximum absolute atomic E-state index is 13.1. The molecule has 2 aromatic rings. The van der Waals surface area contributed by atoms with Gasteiger partial charge in [-0.25, -0.2) is 9.80 Å². The smallest absolute Gasteiger partial charge is 0.332 e. The van der Waals surface area contributed by atoms with Crippen LogP contribution in [0.4, 0.5) is 5.95 Å². The Labute approximate surface area is 150 Å². The van der Waals surface area contributed by atoms with Crippen LogP contribution < -0.4 is 16.3 Å². The van der Waals surface area contributed by atoms with Crippen molar-refractivity contribution in [1.82, 2.24) is 18.7 Å². The highest BCUT2D eigenvalue weighted by Crippen LogP contribution is 2.29. The first-order valence-corrected chi connectivity index (χ1v) is 8.68. The molecule has 9 heteroatoms. The van der Waals surface area contributed by atoms with Crippen LogP contribution in [0.2, 0.25) is 0 Å². The molecule has 0 spiro atoms. The monoisotopic (exact) mass is 360 g/mol. The molecular formula is C17H24N6O3. The second kappa shape index (κ2) is 6.91. The Morgan fingerprint density at radius 2 is 2.04 bits per heavy atom. The topological polar surface area (TPSA) is 97.7 Å². The molecule has 0 amide bonds. The van der Waals surface area contributed by atoms with E-state index in [9.17, 15) is 9.59 Å². The van der Waals surface area contributed by atoms with Crippen molar-refractivity contribution in [3.8, 4) is 0 Å². The summed E-state index contributed by atoms with van der Waals surface area (Å²) in [6, 6.07) is -0.152. The van der Waals surface area contributed by atoms with E-state index in [0.717, 1.165) is 5.71 Å². The minimum absolute atomic E-state index is 0.0372. The second-order valence-electron chi connectivity index (χ2n) is 6.40. The Morgan fingerprint density at radius 1 is 1.31 bits per heavy atom. The van der Waals surface area contributed by atoms with Crippen molar-refractivity contribution in [1.29, 1.82) is 0 Å². The molecule has 0 saturated heterocycles. The zero-order valence-electron chi connectivity index (χ0n) is 15.5. The van der Waals surface area contributed by atoms with Crippen LogP contribution in [0.5, 0.6) is 0 Å². The summed E-state index contributed by atoms with van der Waals surface area (Å²) in [7, 11) is 1.62. The molecular weight excluding hydrogens is 336 g/mol. The van der Waals surface area contributed by atoms with Gasteiger partial charge in [-0.05, 0) is 27.2 Å². The van der Waals surface area contributed by atoms with Gasteiger partial charge in [-0.15, -0.1) is 0 Å². The van der Waals surface area contributed by atoms with Crippen molar-refractivity contribution in [2.75, 3.05) is 18.2 Å². The van der Waals surface area contributed by atoms with Gasteiger partial charge in [0.05, 0.1) is 11.8 Å². The average Bonchev–Trinajstić information content (AvgIpc) is 3.03. The fourth-order valence-corrected chi connectivity index (χ4v) is 3.12. The molecule has 3 rings (SSSR count). The molecule has 0 saturated carbocycles. The van der Waals surface area contributed by atoms with Crippen LogP contribution in [0.15, 0.2) is 26.8 Å². The van der Waals surface area contributed by atoms with Gasteiger partial charge in [0.15, 0.2) is 11.2 Å². The summed E-state index contributed by atoms with van der Waals surface area (Å²) >= 11 is 0. The summed E-state index contributed by atoms with van der Waals surface area (Å²) in [5.74, 6) is 0.516. The van der Waals surface area contributed by atoms with E-state index in [4.69, 9.17) is 5.11 Å². The van der Waals surface area contributed by atoms with Crippen LogP contribution in [0, 0.1) is 0 Å². The van der Waals surface area contributed by atoms with E-state index in [1.54, 1.807) is 24.2 Å². The summed E-state index contributed by atoms with van der Waals surface area (Å²) in [6.45, 7) is 6.42. The number of aliphatic hydroxyl groups excluding tert-OH is 1. The lowest BCUT2D eigenvalue weighted by Gasteiger charge is -2.29. The van der Waals surface area contributed by atoms with E-state index >= 15 is 0 Å². The minimum Gasteiger partial charge on any atom is -0.396 e. The molecule has 0 fully saturated rings. The SMILES string of the molecule is C/C=C/Cn1c(=O)c2c(nc3n2C(C)C(C)=NN3CCCO)n(C)c1=O. The van der Waals surface area contributed by atoms with Gasteiger partial charge < -0.3 is 5.11 Å². The van der Waals surface area contributed by atoms with Crippen molar-refractivity contribution in [3.05, 3.63) is 33.0 Å². The van der Waals surface area contributed by atoms with E-state index in [0.29, 0.717) is 30.1 Å². The number of hydrogen-bond acceptors (Lipinski definition) is 6. The fourth-order valence-electron chi connectivity index (χ4n) is 3.12. The number of allylic oxidation sites excluding steroid dienone is 2. The maximum Gasteiger partial charge on any atom is 0.332 e. The number of rotatable bonds is 5. The standard InChI is InChI=1S/C17H24N6O3/c1-5-6-8-21-15(25)13-14(20(4)17(21)26)18-16-22(9-7-10-24)19-11(2)12(3)23(13)16/h5-6,12,24H,7-10H2,1-4H3/b6-5+. The van der Waals surface area contributed by atoms with E-state index in [-0.39, 0.29) is 24.8 Å². The highest BCUT2D eigenvalue weighted by molar-refractivity contribution is 5.91. The van der Waals surface area contributed by atoms with Gasteiger partial charge in [0, 0.05) is 26.7 Å². The van der Waals surface area contributed by atoms with Gasteiger partial charge in [-0.1, -0.05) is 12.2 Å². The molecule has 1 aliphatic rings. The number of aliphatic hydroxyl groups is 1. The molecule has 9 nitrogen and oxygen atoms in total. The molecule has 1 aliphatic heterocycles. The van der Waals surface area contributed by atoms with Crippen LogP contribution in [-0.4, -0.2) is 42.7 Å². The van der Waals surface area contributed by atoms with Crippen LogP contribution >= 0.6 is 0 Å². The summed E-state index contributed by atoms with van der Waals surface area (Å²) in [5.41, 5.74) is 0.815. The number of fused-ring (bicyclic) bond motifs is 3. The van der Waals surface area contributed by atoms with Gasteiger partial charge in [0.1, 0.15) is 0 Å². The summed E-state index contributed by atoms with van der Waals surface area (Å²) in [6.07, 6.45) is 4.10. The average molecular weight is 360 g/mol. The van der Waals surface area contributed by atoms with E-state index in [1.165, 1.54) is 9.13 Å². The van der Waals surface area contributed by atoms with Crippen LogP contribution in [0.1, 0.15) is 33.2 Å². The predicted octanol–water partition coefficient (Wildman–Crippen LogP) is 0.612. The molecule has 1 unspecified atom stereocenters. The Hall–Kier alpha value is -2.68. The number of aromatic nitrogens is 4. The molecule has 0 aliphatic carbocycles. The summed E-state index contributed by atoms with van der Waals surface area (Å²) in [4.78, 5) is 30.2. The Kier molecular flexibility index (Phi) is 4.82. The van der Waals surface area contributed by atoms with E-state index < -0.39 is 5.69 Å². The van der Waals surface area contributed by atoms with E-state index in [1.807, 2.05) is 25.3 Å². The minimum atomic E-state index is -0.400. The highest BCUT2D eigenvalue weighted by atomic mass is 16.3. The third-order valence-electron chi connectivity index (χ3n) is 4.71. The number of anilines is 1. The molecule has 0 aromatic carbocycles. The van der Waals surface area contributed by atoms with Crippen molar-refractivity contribution in [3.63, 3.8) is 0 Å². The highest BCUT2D eigenvalue weighted by Gasteiger charge is 2.30. The fraction of sp³-hybridized carbons (Fsp3) is 0.529. The molecule has 140 valence electrons. The van der Waals surface area contributed by atoms with Crippen molar-refractivity contribution in [2.45, 2.75) is 39.8 Å². The zero-order valence-corrected chi connectivity index (χ0v) is 15.5. The quantitative estimate of drug-likeness (QED) is 0.788. The molecule has 1 N–H and O–H groups in total. The Balaban J connectivity index is 2.32. The maximum atomic E-state index is 13.1. The van der Waals surface area contributed by atoms with Crippen molar-refractivity contribution >= 4 is 22.8 Å². The molecule has 26 heavy (non-hydrogen) atoms. The molecule has 0 bridgehead atoms. The van der Waals surface area contributed by atoms with Gasteiger partial charge in [0.2, 0.25) is 5.95 Å². The number of hydrogen-bond donors (Lipinski definition) is 1. The van der Waals surface area contributed by atoms with Crippen LogP contribution in [0.3, 0.4) is 0 Å². The Morgan fingerprint density at radius 3 is 2.69 bits per heavy atom. The zero-order chi connectivity index (χ0) is 19.0. The molecule has 2 aromatic heterocycles. The molecule has 0 radical (unpaired) electrons. The number of imidazole rings is 1. The summed E-state index contributed by atoms with van der Waals surface area (Å²) in [5, 5.41) is 15.4. The predicted molar refractivity (Wildman–Crippen MR) is 101 cm³/mol. The lowest BCUT2D eigenvalue weighted by Crippen LogP contribution is -2.40. The van der Waals surface area contributed by atoms with Crippen LogP contribution in [0.25, 0.3) is 11.2 Å². The third kappa shape index (κ3) is 2.68. The molecule has 1 atom stereocenters.